The molecule has 0 aliphatic carbocycles. The summed E-state index contributed by atoms with van der Waals surface area (Å²) in [5.41, 5.74) is 2.85. The zero-order valence-electron chi connectivity index (χ0n) is 15.2. The van der Waals surface area contributed by atoms with Crippen molar-refractivity contribution in [2.75, 3.05) is 14.2 Å². The van der Waals surface area contributed by atoms with E-state index in [0.717, 1.165) is 34.1 Å². The number of hydrogen-bond donors (Lipinski definition) is 0. The molecule has 0 aliphatic rings. The van der Waals surface area contributed by atoms with E-state index in [0.29, 0.717) is 5.82 Å². The molecule has 4 aromatic rings. The third kappa shape index (κ3) is 3.40. The van der Waals surface area contributed by atoms with E-state index in [1.54, 1.807) is 14.2 Å². The lowest BCUT2D eigenvalue weighted by Crippen LogP contribution is -1.99. The average molecular weight is 357 g/mol. The van der Waals surface area contributed by atoms with Gasteiger partial charge < -0.3 is 9.47 Å². The molecule has 27 heavy (non-hydrogen) atoms. The van der Waals surface area contributed by atoms with Crippen LogP contribution >= 0.6 is 0 Å². The summed E-state index contributed by atoms with van der Waals surface area (Å²) in [4.78, 5) is 4.81. The van der Waals surface area contributed by atoms with Crippen LogP contribution in [0.4, 0.5) is 0 Å². The molecular formula is C22H19N3O2. The lowest BCUT2D eigenvalue weighted by atomic mass is 10.2. The maximum atomic E-state index is 5.26. The lowest BCUT2D eigenvalue weighted by Gasteiger charge is -2.06. The van der Waals surface area contributed by atoms with Crippen molar-refractivity contribution < 1.29 is 9.47 Å². The Morgan fingerprint density at radius 3 is 1.78 bits per heavy atom. The highest BCUT2D eigenvalue weighted by Crippen LogP contribution is 2.27. The van der Waals surface area contributed by atoms with Crippen LogP contribution in [0.2, 0.25) is 0 Å². The van der Waals surface area contributed by atoms with Gasteiger partial charge in [-0.3, -0.25) is 0 Å². The molecule has 134 valence electrons. The Labute approximate surface area is 157 Å². The van der Waals surface area contributed by atoms with E-state index in [2.05, 4.69) is 0 Å². The van der Waals surface area contributed by atoms with Crippen LogP contribution in [-0.2, 0) is 0 Å². The Hall–Kier alpha value is -3.60. The second-order valence-corrected chi connectivity index (χ2v) is 5.96. The van der Waals surface area contributed by atoms with Crippen LogP contribution in [-0.4, -0.2) is 29.0 Å². The predicted octanol–water partition coefficient (Wildman–Crippen LogP) is 4.62. The van der Waals surface area contributed by atoms with Gasteiger partial charge >= 0.3 is 0 Å². The van der Waals surface area contributed by atoms with E-state index in [9.17, 15) is 0 Å². The molecule has 0 atom stereocenters. The third-order valence-corrected chi connectivity index (χ3v) is 4.30. The summed E-state index contributed by atoms with van der Waals surface area (Å²) < 4.78 is 12.4. The molecule has 0 radical (unpaired) electrons. The van der Waals surface area contributed by atoms with E-state index < -0.39 is 0 Å². The summed E-state index contributed by atoms with van der Waals surface area (Å²) in [6, 6.07) is 25.5. The van der Waals surface area contributed by atoms with Gasteiger partial charge in [0, 0.05) is 11.1 Å². The number of aromatic nitrogens is 3. The van der Waals surface area contributed by atoms with Gasteiger partial charge in [-0.1, -0.05) is 18.2 Å². The summed E-state index contributed by atoms with van der Waals surface area (Å²) in [6.45, 7) is 0. The molecule has 0 unspecified atom stereocenters. The molecule has 0 saturated carbocycles. The van der Waals surface area contributed by atoms with E-state index in [4.69, 9.17) is 19.6 Å². The summed E-state index contributed by atoms with van der Waals surface area (Å²) in [6.07, 6.45) is 0. The van der Waals surface area contributed by atoms with Crippen molar-refractivity contribution in [2.45, 2.75) is 0 Å². The highest BCUT2D eigenvalue weighted by Gasteiger charge is 2.15. The first kappa shape index (κ1) is 16.8. The van der Waals surface area contributed by atoms with E-state index in [-0.39, 0.29) is 0 Å². The quantitative estimate of drug-likeness (QED) is 0.523. The van der Waals surface area contributed by atoms with Gasteiger partial charge in [0.25, 0.3) is 0 Å². The zero-order valence-corrected chi connectivity index (χ0v) is 15.2. The van der Waals surface area contributed by atoms with Crippen molar-refractivity contribution in [3.05, 3.63) is 78.9 Å². The molecule has 0 amide bonds. The number of nitrogens with zero attached hydrogens (tertiary/aromatic N) is 3. The lowest BCUT2D eigenvalue weighted by molar-refractivity contribution is 0.414. The van der Waals surface area contributed by atoms with Crippen molar-refractivity contribution >= 4 is 0 Å². The molecule has 0 spiro atoms. The number of methoxy groups -OCH3 is 2. The first-order valence-corrected chi connectivity index (χ1v) is 8.60. The fraction of sp³-hybridized carbons (Fsp3) is 0.0909. The summed E-state index contributed by atoms with van der Waals surface area (Å²) >= 11 is 0. The maximum Gasteiger partial charge on any atom is 0.182 e. The molecule has 0 aliphatic heterocycles. The number of ether oxygens (including phenoxy) is 2. The minimum atomic E-state index is 0.660. The van der Waals surface area contributed by atoms with Crippen LogP contribution in [0.3, 0.4) is 0 Å². The van der Waals surface area contributed by atoms with Crippen molar-refractivity contribution in [1.29, 1.82) is 0 Å². The van der Waals surface area contributed by atoms with Crippen LogP contribution < -0.4 is 9.47 Å². The van der Waals surface area contributed by atoms with Gasteiger partial charge in [0.05, 0.1) is 19.9 Å². The van der Waals surface area contributed by atoms with Gasteiger partial charge in [0.1, 0.15) is 11.5 Å². The van der Waals surface area contributed by atoms with Crippen molar-refractivity contribution in [3.8, 4) is 40.0 Å². The number of benzene rings is 3. The number of para-hydroxylation sites is 1. The van der Waals surface area contributed by atoms with Gasteiger partial charge in [-0.25, -0.2) is 9.67 Å². The molecule has 5 nitrogen and oxygen atoms in total. The normalized spacial score (nSPS) is 10.6. The Kier molecular flexibility index (Phi) is 4.58. The summed E-state index contributed by atoms with van der Waals surface area (Å²) in [5.74, 6) is 3.04. The minimum Gasteiger partial charge on any atom is -0.497 e. The Balaban J connectivity index is 1.83. The van der Waals surface area contributed by atoms with Gasteiger partial charge in [-0.2, -0.15) is 0 Å². The van der Waals surface area contributed by atoms with Crippen molar-refractivity contribution in [1.82, 2.24) is 14.8 Å². The fourth-order valence-electron chi connectivity index (χ4n) is 2.85. The van der Waals surface area contributed by atoms with E-state index in [1.165, 1.54) is 0 Å². The highest BCUT2D eigenvalue weighted by atomic mass is 16.5. The molecule has 5 heteroatoms. The van der Waals surface area contributed by atoms with Crippen molar-refractivity contribution in [2.24, 2.45) is 0 Å². The Morgan fingerprint density at radius 2 is 1.22 bits per heavy atom. The monoisotopic (exact) mass is 357 g/mol. The topological polar surface area (TPSA) is 49.2 Å². The molecule has 4 rings (SSSR count). The molecular weight excluding hydrogens is 338 g/mol. The second kappa shape index (κ2) is 7.33. The minimum absolute atomic E-state index is 0.660. The largest absolute Gasteiger partial charge is 0.497 e. The second-order valence-electron chi connectivity index (χ2n) is 5.96. The number of hydrogen-bond acceptors (Lipinski definition) is 4. The van der Waals surface area contributed by atoms with Crippen LogP contribution in [0.1, 0.15) is 0 Å². The summed E-state index contributed by atoms with van der Waals surface area (Å²) in [7, 11) is 3.31. The van der Waals surface area contributed by atoms with E-state index >= 15 is 0 Å². The molecule has 3 aromatic carbocycles. The summed E-state index contributed by atoms with van der Waals surface area (Å²) in [5, 5.41) is 4.76. The standard InChI is InChI=1S/C22H19N3O2/c1-26-19-12-8-16(9-13-19)21-23-22(17-10-14-20(27-2)15-11-17)25(24-21)18-6-4-3-5-7-18/h3-15H,1-2H3. The highest BCUT2D eigenvalue weighted by molar-refractivity contribution is 5.64. The van der Waals surface area contributed by atoms with Gasteiger partial charge in [0.15, 0.2) is 11.6 Å². The van der Waals surface area contributed by atoms with Gasteiger partial charge in [-0.15, -0.1) is 5.10 Å². The first-order valence-electron chi connectivity index (χ1n) is 8.60. The third-order valence-electron chi connectivity index (χ3n) is 4.30. The van der Waals surface area contributed by atoms with Gasteiger partial charge in [-0.05, 0) is 60.7 Å². The van der Waals surface area contributed by atoms with Crippen LogP contribution in [0.5, 0.6) is 11.5 Å². The van der Waals surface area contributed by atoms with Crippen molar-refractivity contribution in [3.63, 3.8) is 0 Å². The smallest absolute Gasteiger partial charge is 0.182 e. The SMILES string of the molecule is COc1ccc(-c2nc(-c3ccc(OC)cc3)n(-c3ccccc3)n2)cc1. The molecule has 1 aromatic heterocycles. The molecule has 0 saturated heterocycles. The maximum absolute atomic E-state index is 5.26. The molecule has 0 N–H and O–H groups in total. The average Bonchev–Trinajstić information content (AvgIpc) is 3.20. The Bertz CT molecular complexity index is 1020. The fourth-order valence-corrected chi connectivity index (χ4v) is 2.85. The van der Waals surface area contributed by atoms with Crippen LogP contribution in [0, 0.1) is 0 Å². The molecule has 0 bridgehead atoms. The van der Waals surface area contributed by atoms with Gasteiger partial charge in [0.2, 0.25) is 0 Å². The first-order chi connectivity index (χ1) is 13.3. The zero-order chi connectivity index (χ0) is 18.6. The predicted molar refractivity (Wildman–Crippen MR) is 105 cm³/mol. The molecule has 0 fully saturated rings. The van der Waals surface area contributed by atoms with Crippen LogP contribution in [0.25, 0.3) is 28.5 Å². The number of rotatable bonds is 5. The van der Waals surface area contributed by atoms with Crippen LogP contribution in [0.15, 0.2) is 78.9 Å². The van der Waals surface area contributed by atoms with E-state index in [1.807, 2.05) is 83.5 Å². The molecule has 1 heterocycles. The Morgan fingerprint density at radius 1 is 0.667 bits per heavy atom.